The predicted molar refractivity (Wildman–Crippen MR) is 92.7 cm³/mol. The number of aromatic nitrogens is 2. The Balaban J connectivity index is 1.64. The summed E-state index contributed by atoms with van der Waals surface area (Å²) < 4.78 is 17.9. The zero-order valence-corrected chi connectivity index (χ0v) is 13.4. The average molecular weight is 338 g/mol. The monoisotopic (exact) mass is 338 g/mol. The van der Waals surface area contributed by atoms with Crippen LogP contribution < -0.4 is 15.4 Å². The van der Waals surface area contributed by atoms with Crippen molar-refractivity contribution in [3.05, 3.63) is 72.3 Å². The summed E-state index contributed by atoms with van der Waals surface area (Å²) in [6.07, 6.45) is 2.83. The lowest BCUT2D eigenvalue weighted by Crippen LogP contribution is -2.13. The fraction of sp³-hybridized carbons (Fsp3) is 0.0556. The van der Waals surface area contributed by atoms with Crippen LogP contribution in [0.2, 0.25) is 0 Å². The van der Waals surface area contributed by atoms with Crippen LogP contribution in [0.4, 0.5) is 21.7 Å². The van der Waals surface area contributed by atoms with Gasteiger partial charge in [0, 0.05) is 23.8 Å². The number of methoxy groups -OCH3 is 1. The molecular weight excluding hydrogens is 323 g/mol. The van der Waals surface area contributed by atoms with E-state index < -0.39 is 0 Å². The normalized spacial score (nSPS) is 10.2. The Kier molecular flexibility index (Phi) is 4.84. The molecule has 3 aromatic rings. The zero-order chi connectivity index (χ0) is 17.6. The summed E-state index contributed by atoms with van der Waals surface area (Å²) in [6, 6.07) is 12.8. The Morgan fingerprint density at radius 2 is 1.56 bits per heavy atom. The Morgan fingerprint density at radius 1 is 0.960 bits per heavy atom. The van der Waals surface area contributed by atoms with Crippen LogP contribution in [0, 0.1) is 5.82 Å². The lowest BCUT2D eigenvalue weighted by molar-refractivity contribution is 0.102. The molecule has 0 radical (unpaired) electrons. The van der Waals surface area contributed by atoms with Crippen molar-refractivity contribution in [2.75, 3.05) is 17.7 Å². The van der Waals surface area contributed by atoms with Gasteiger partial charge in [-0.2, -0.15) is 0 Å². The number of carbonyl (C=O) groups excluding carboxylic acids is 1. The number of benzene rings is 2. The van der Waals surface area contributed by atoms with Gasteiger partial charge in [-0.05, 0) is 48.5 Å². The number of carbonyl (C=O) groups is 1. The first-order chi connectivity index (χ1) is 12.1. The maximum atomic E-state index is 12.9. The molecule has 2 N–H and O–H groups in total. The van der Waals surface area contributed by atoms with E-state index in [0.717, 1.165) is 0 Å². The van der Waals surface area contributed by atoms with E-state index in [1.54, 1.807) is 43.5 Å². The first-order valence-electron chi connectivity index (χ1n) is 7.44. The van der Waals surface area contributed by atoms with Crippen LogP contribution >= 0.6 is 0 Å². The molecule has 0 aliphatic rings. The van der Waals surface area contributed by atoms with Gasteiger partial charge in [0.1, 0.15) is 11.6 Å². The van der Waals surface area contributed by atoms with Crippen molar-refractivity contribution in [3.8, 4) is 5.75 Å². The third kappa shape index (κ3) is 4.29. The minimum absolute atomic E-state index is 0.313. The highest BCUT2D eigenvalue weighted by Crippen LogP contribution is 2.16. The van der Waals surface area contributed by atoms with E-state index in [4.69, 9.17) is 4.74 Å². The predicted octanol–water partition coefficient (Wildman–Crippen LogP) is 3.62. The van der Waals surface area contributed by atoms with Crippen LogP contribution in [0.1, 0.15) is 10.4 Å². The van der Waals surface area contributed by atoms with Gasteiger partial charge < -0.3 is 15.4 Å². The second-order valence-electron chi connectivity index (χ2n) is 5.11. The minimum atomic E-state index is -0.322. The number of nitrogens with one attached hydrogen (secondary N) is 2. The number of hydrogen-bond donors (Lipinski definition) is 2. The van der Waals surface area contributed by atoms with Gasteiger partial charge in [0.2, 0.25) is 5.95 Å². The van der Waals surface area contributed by atoms with Gasteiger partial charge in [-0.1, -0.05) is 0 Å². The smallest absolute Gasteiger partial charge is 0.258 e. The highest BCUT2D eigenvalue weighted by molar-refractivity contribution is 6.03. The van der Waals surface area contributed by atoms with Crippen molar-refractivity contribution >= 4 is 23.2 Å². The fourth-order valence-electron chi connectivity index (χ4n) is 2.05. The Bertz CT molecular complexity index is 850. The third-order valence-corrected chi connectivity index (χ3v) is 3.36. The molecule has 0 fully saturated rings. The van der Waals surface area contributed by atoms with E-state index >= 15 is 0 Å². The number of halogens is 1. The quantitative estimate of drug-likeness (QED) is 0.743. The number of nitrogens with zero attached hydrogens (tertiary/aromatic N) is 2. The molecule has 0 unspecified atom stereocenters. The molecule has 2 aromatic carbocycles. The van der Waals surface area contributed by atoms with Crippen LogP contribution in [0.15, 0.2) is 60.9 Å². The van der Waals surface area contributed by atoms with E-state index in [0.29, 0.717) is 28.6 Å². The first kappa shape index (κ1) is 16.4. The van der Waals surface area contributed by atoms with Crippen molar-refractivity contribution in [1.82, 2.24) is 9.97 Å². The molecule has 3 rings (SSSR count). The second kappa shape index (κ2) is 7.39. The maximum absolute atomic E-state index is 12.9. The summed E-state index contributed by atoms with van der Waals surface area (Å²) >= 11 is 0. The number of amides is 1. The van der Waals surface area contributed by atoms with Crippen LogP contribution in [-0.2, 0) is 0 Å². The molecule has 6 nitrogen and oxygen atoms in total. The molecule has 0 saturated heterocycles. The van der Waals surface area contributed by atoms with Crippen molar-refractivity contribution in [2.24, 2.45) is 0 Å². The molecule has 25 heavy (non-hydrogen) atoms. The lowest BCUT2D eigenvalue weighted by atomic mass is 10.2. The Hall–Kier alpha value is -3.48. The molecule has 0 aliphatic heterocycles. The summed E-state index contributed by atoms with van der Waals surface area (Å²) in [4.78, 5) is 20.4. The molecule has 0 bridgehead atoms. The summed E-state index contributed by atoms with van der Waals surface area (Å²) in [6.45, 7) is 0. The van der Waals surface area contributed by atoms with Crippen LogP contribution in [0.25, 0.3) is 0 Å². The first-order valence-corrected chi connectivity index (χ1v) is 7.44. The summed E-state index contributed by atoms with van der Waals surface area (Å²) in [5.41, 5.74) is 1.61. The molecule has 1 amide bonds. The molecule has 7 heteroatoms. The Morgan fingerprint density at radius 3 is 2.16 bits per heavy atom. The van der Waals surface area contributed by atoms with Gasteiger partial charge in [0.05, 0.1) is 12.7 Å². The van der Waals surface area contributed by atoms with E-state index in [-0.39, 0.29) is 11.7 Å². The molecule has 126 valence electrons. The number of ether oxygens (including phenoxy) is 1. The topological polar surface area (TPSA) is 76.1 Å². The van der Waals surface area contributed by atoms with E-state index in [9.17, 15) is 9.18 Å². The highest BCUT2D eigenvalue weighted by atomic mass is 19.1. The molecule has 0 saturated carbocycles. The van der Waals surface area contributed by atoms with E-state index in [1.807, 2.05) is 0 Å². The fourth-order valence-corrected chi connectivity index (χ4v) is 2.05. The summed E-state index contributed by atoms with van der Waals surface area (Å²) in [5, 5.41) is 5.67. The standard InChI is InChI=1S/C18H15FN4O2/c1-25-16-8-6-14(7-9-16)22-17(24)12-10-20-18(21-11-12)23-15-4-2-13(19)3-5-15/h2-11H,1H3,(H,22,24)(H,20,21,23). The van der Waals surface area contributed by atoms with E-state index in [1.165, 1.54) is 24.5 Å². The van der Waals surface area contributed by atoms with Crippen molar-refractivity contribution in [3.63, 3.8) is 0 Å². The van der Waals surface area contributed by atoms with Crippen molar-refractivity contribution < 1.29 is 13.9 Å². The average Bonchev–Trinajstić information content (AvgIpc) is 2.65. The van der Waals surface area contributed by atoms with Gasteiger partial charge in [-0.25, -0.2) is 14.4 Å². The van der Waals surface area contributed by atoms with Gasteiger partial charge in [0.25, 0.3) is 5.91 Å². The molecule has 0 aliphatic carbocycles. The Labute approximate surface area is 143 Å². The van der Waals surface area contributed by atoms with Gasteiger partial charge in [-0.3, -0.25) is 4.79 Å². The van der Waals surface area contributed by atoms with E-state index in [2.05, 4.69) is 20.6 Å². The third-order valence-electron chi connectivity index (χ3n) is 3.36. The van der Waals surface area contributed by atoms with Crippen molar-refractivity contribution in [2.45, 2.75) is 0 Å². The molecule has 0 spiro atoms. The number of rotatable bonds is 5. The van der Waals surface area contributed by atoms with Crippen LogP contribution in [0.3, 0.4) is 0 Å². The molecule has 1 heterocycles. The SMILES string of the molecule is COc1ccc(NC(=O)c2cnc(Nc3ccc(F)cc3)nc2)cc1. The largest absolute Gasteiger partial charge is 0.497 e. The molecule has 1 aromatic heterocycles. The number of hydrogen-bond acceptors (Lipinski definition) is 5. The van der Waals surface area contributed by atoms with Crippen LogP contribution in [0.5, 0.6) is 5.75 Å². The molecular formula is C18H15FN4O2. The minimum Gasteiger partial charge on any atom is -0.497 e. The maximum Gasteiger partial charge on any atom is 0.258 e. The van der Waals surface area contributed by atoms with Crippen molar-refractivity contribution in [1.29, 1.82) is 0 Å². The van der Waals surface area contributed by atoms with Crippen LogP contribution in [-0.4, -0.2) is 23.0 Å². The summed E-state index contributed by atoms with van der Waals surface area (Å²) in [7, 11) is 1.58. The highest BCUT2D eigenvalue weighted by Gasteiger charge is 2.08. The zero-order valence-electron chi connectivity index (χ0n) is 13.4. The van der Waals surface area contributed by atoms with Gasteiger partial charge >= 0.3 is 0 Å². The second-order valence-corrected chi connectivity index (χ2v) is 5.11. The van der Waals surface area contributed by atoms with Gasteiger partial charge in [0.15, 0.2) is 0 Å². The molecule has 0 atom stereocenters. The summed E-state index contributed by atoms with van der Waals surface area (Å²) in [5.74, 6) is 0.376. The van der Waals surface area contributed by atoms with Gasteiger partial charge in [-0.15, -0.1) is 0 Å². The number of anilines is 3. The lowest BCUT2D eigenvalue weighted by Gasteiger charge is -2.07.